The highest BCUT2D eigenvalue weighted by molar-refractivity contribution is 6.04. The van der Waals surface area contributed by atoms with Gasteiger partial charge in [-0.25, -0.2) is 4.98 Å². The van der Waals surface area contributed by atoms with Crippen molar-refractivity contribution in [3.63, 3.8) is 0 Å². The molecule has 0 saturated heterocycles. The largest absolute Gasteiger partial charge is 0.447 e. The molecule has 0 radical (unpaired) electrons. The Balaban J connectivity index is 1.41. The molecule has 0 bridgehead atoms. The van der Waals surface area contributed by atoms with Crippen LogP contribution in [0.4, 0.5) is 5.69 Å². The molecule has 1 amide bonds. The first-order valence-electron chi connectivity index (χ1n) is 9.04. The Hall–Kier alpha value is -3.73. The highest BCUT2D eigenvalue weighted by Gasteiger charge is 2.31. The third-order valence-electron chi connectivity index (χ3n) is 4.81. The second-order valence-electron chi connectivity index (χ2n) is 6.82. The number of nitrogens with zero attached hydrogens (tertiary/aromatic N) is 7. The SMILES string of the molecule is O=C(Nc1cn(C2CC(O)C2)nc1-c1cnccn1)c1coc(C2C=NN=C2)n1. The maximum absolute atomic E-state index is 12.7. The van der Waals surface area contributed by atoms with Crippen molar-refractivity contribution in [3.05, 3.63) is 42.6 Å². The fraction of sp³-hybridized carbons (Fsp3) is 0.278. The number of amides is 1. The third-order valence-corrected chi connectivity index (χ3v) is 4.81. The zero-order valence-corrected chi connectivity index (χ0v) is 15.1. The highest BCUT2D eigenvalue weighted by Crippen LogP contribution is 2.35. The normalized spacial score (nSPS) is 20.7. The molecule has 4 heterocycles. The van der Waals surface area contributed by atoms with Gasteiger partial charge in [0.1, 0.15) is 23.6 Å². The summed E-state index contributed by atoms with van der Waals surface area (Å²) < 4.78 is 7.12. The van der Waals surface area contributed by atoms with Gasteiger partial charge in [-0.15, -0.1) is 0 Å². The monoisotopic (exact) mass is 392 g/mol. The summed E-state index contributed by atoms with van der Waals surface area (Å²) in [6.07, 6.45) is 11.8. The molecule has 5 rings (SSSR count). The van der Waals surface area contributed by atoms with Crippen molar-refractivity contribution in [1.82, 2.24) is 24.7 Å². The minimum absolute atomic E-state index is 0.0747. The first kappa shape index (κ1) is 17.4. The average molecular weight is 392 g/mol. The van der Waals surface area contributed by atoms with E-state index in [-0.39, 0.29) is 23.8 Å². The Morgan fingerprint density at radius 2 is 2.07 bits per heavy atom. The molecule has 146 valence electrons. The van der Waals surface area contributed by atoms with Gasteiger partial charge in [0.05, 0.1) is 24.0 Å². The number of nitrogens with one attached hydrogen (secondary N) is 1. The zero-order valence-electron chi connectivity index (χ0n) is 15.1. The Labute approximate surface area is 164 Å². The van der Waals surface area contributed by atoms with Crippen molar-refractivity contribution >= 4 is 24.0 Å². The van der Waals surface area contributed by atoms with Gasteiger partial charge in [0.2, 0.25) is 5.89 Å². The molecule has 29 heavy (non-hydrogen) atoms. The molecule has 0 unspecified atom stereocenters. The summed E-state index contributed by atoms with van der Waals surface area (Å²) in [5.41, 5.74) is 1.63. The number of rotatable bonds is 5. The van der Waals surface area contributed by atoms with Gasteiger partial charge >= 0.3 is 0 Å². The maximum atomic E-state index is 12.7. The van der Waals surface area contributed by atoms with E-state index < -0.39 is 5.91 Å². The van der Waals surface area contributed by atoms with E-state index in [1.165, 1.54) is 6.26 Å². The lowest BCUT2D eigenvalue weighted by molar-refractivity contribution is 0.0435. The summed E-state index contributed by atoms with van der Waals surface area (Å²) >= 11 is 0. The molecular formula is C18H16N8O3. The lowest BCUT2D eigenvalue weighted by Crippen LogP contribution is -2.31. The molecule has 1 aliphatic heterocycles. The lowest BCUT2D eigenvalue weighted by Gasteiger charge is -2.31. The first-order valence-corrected chi connectivity index (χ1v) is 9.04. The maximum Gasteiger partial charge on any atom is 0.277 e. The molecule has 1 saturated carbocycles. The van der Waals surface area contributed by atoms with E-state index in [0.717, 1.165) is 0 Å². The van der Waals surface area contributed by atoms with Crippen LogP contribution in [0.5, 0.6) is 0 Å². The minimum atomic E-state index is -0.440. The third kappa shape index (κ3) is 3.31. The molecule has 0 spiro atoms. The van der Waals surface area contributed by atoms with Gasteiger partial charge < -0.3 is 14.8 Å². The van der Waals surface area contributed by atoms with Crippen molar-refractivity contribution in [1.29, 1.82) is 0 Å². The molecule has 2 N–H and O–H groups in total. The second kappa shape index (κ2) is 7.02. The summed E-state index contributed by atoms with van der Waals surface area (Å²) in [4.78, 5) is 25.3. The lowest BCUT2D eigenvalue weighted by atomic mass is 9.90. The van der Waals surface area contributed by atoms with E-state index in [4.69, 9.17) is 4.42 Å². The molecule has 11 heteroatoms. The molecule has 11 nitrogen and oxygen atoms in total. The molecule has 0 atom stereocenters. The van der Waals surface area contributed by atoms with Gasteiger partial charge in [0, 0.05) is 31.0 Å². The van der Waals surface area contributed by atoms with Gasteiger partial charge in [-0.3, -0.25) is 19.4 Å². The van der Waals surface area contributed by atoms with E-state index in [9.17, 15) is 9.90 Å². The van der Waals surface area contributed by atoms with Crippen molar-refractivity contribution in [2.45, 2.75) is 30.9 Å². The second-order valence-corrected chi connectivity index (χ2v) is 6.82. The number of hydrogen-bond donors (Lipinski definition) is 2. The molecular weight excluding hydrogens is 376 g/mol. The van der Waals surface area contributed by atoms with Crippen LogP contribution in [-0.2, 0) is 0 Å². The van der Waals surface area contributed by atoms with Crippen molar-refractivity contribution < 1.29 is 14.3 Å². The molecule has 3 aromatic heterocycles. The van der Waals surface area contributed by atoms with Crippen LogP contribution in [0.15, 0.2) is 45.7 Å². The summed E-state index contributed by atoms with van der Waals surface area (Å²) in [6.45, 7) is 0. The van der Waals surface area contributed by atoms with E-state index in [1.54, 1.807) is 41.9 Å². The number of carbonyl (C=O) groups excluding carboxylic acids is 1. The highest BCUT2D eigenvalue weighted by atomic mass is 16.3. The zero-order chi connectivity index (χ0) is 19.8. The number of aliphatic hydroxyl groups excluding tert-OH is 1. The van der Waals surface area contributed by atoms with Crippen molar-refractivity contribution in [2.75, 3.05) is 5.32 Å². The van der Waals surface area contributed by atoms with Crippen LogP contribution in [-0.4, -0.2) is 54.3 Å². The molecule has 2 aliphatic rings. The Bertz CT molecular complexity index is 1090. The topological polar surface area (TPSA) is 144 Å². The molecule has 3 aromatic rings. The minimum Gasteiger partial charge on any atom is -0.447 e. The van der Waals surface area contributed by atoms with Gasteiger partial charge in [0.15, 0.2) is 5.69 Å². The number of hydrogen-bond acceptors (Lipinski definition) is 9. The summed E-state index contributed by atoms with van der Waals surface area (Å²) in [7, 11) is 0. The molecule has 0 aromatic carbocycles. The van der Waals surface area contributed by atoms with E-state index in [0.29, 0.717) is 35.8 Å². The predicted molar refractivity (Wildman–Crippen MR) is 102 cm³/mol. The summed E-state index contributed by atoms with van der Waals surface area (Å²) in [5, 5.41) is 24.5. The van der Waals surface area contributed by atoms with Crippen LogP contribution in [0, 0.1) is 0 Å². The van der Waals surface area contributed by atoms with Gasteiger partial charge in [-0.1, -0.05) is 0 Å². The summed E-state index contributed by atoms with van der Waals surface area (Å²) in [6, 6.07) is 0.0747. The van der Waals surface area contributed by atoms with Gasteiger partial charge in [-0.05, 0) is 12.8 Å². The number of aliphatic hydroxyl groups is 1. The smallest absolute Gasteiger partial charge is 0.277 e. The predicted octanol–water partition coefficient (Wildman–Crippen LogP) is 1.43. The Morgan fingerprint density at radius 3 is 2.79 bits per heavy atom. The van der Waals surface area contributed by atoms with Crippen molar-refractivity contribution in [3.8, 4) is 11.4 Å². The van der Waals surface area contributed by atoms with Crippen LogP contribution in [0.25, 0.3) is 11.4 Å². The average Bonchev–Trinajstić information content (AvgIpc) is 3.45. The van der Waals surface area contributed by atoms with Gasteiger partial charge in [-0.2, -0.15) is 15.3 Å². The van der Waals surface area contributed by atoms with Gasteiger partial charge in [0.25, 0.3) is 5.91 Å². The van der Waals surface area contributed by atoms with Crippen LogP contribution < -0.4 is 5.32 Å². The van der Waals surface area contributed by atoms with Crippen LogP contribution in [0.2, 0.25) is 0 Å². The van der Waals surface area contributed by atoms with E-state index in [2.05, 4.69) is 35.6 Å². The van der Waals surface area contributed by atoms with Crippen molar-refractivity contribution in [2.24, 2.45) is 10.2 Å². The fourth-order valence-corrected chi connectivity index (χ4v) is 3.17. The standard InChI is InChI=1S/C18H16N8O3/c27-12-3-11(4-12)26-8-14(16(25-26)13-7-19-1-2-20-13)23-17(28)15-9-29-18(24-15)10-5-21-22-6-10/h1-2,5-12,27H,3-4H2,(H,23,28). The summed E-state index contributed by atoms with van der Waals surface area (Å²) in [5.74, 6) is -0.377. The van der Waals surface area contributed by atoms with E-state index in [1.807, 2.05) is 0 Å². The molecule has 1 fully saturated rings. The van der Waals surface area contributed by atoms with E-state index >= 15 is 0 Å². The Kier molecular flexibility index (Phi) is 4.21. The number of aromatic nitrogens is 5. The van der Waals surface area contributed by atoms with Crippen LogP contribution in [0.3, 0.4) is 0 Å². The van der Waals surface area contributed by atoms with Crippen LogP contribution in [0.1, 0.15) is 41.2 Å². The number of anilines is 1. The Morgan fingerprint density at radius 1 is 1.24 bits per heavy atom. The fourth-order valence-electron chi connectivity index (χ4n) is 3.17. The first-order chi connectivity index (χ1) is 14.2. The number of carbonyl (C=O) groups is 1. The number of oxazole rings is 1. The quantitative estimate of drug-likeness (QED) is 0.668. The van der Waals surface area contributed by atoms with Crippen LogP contribution >= 0.6 is 0 Å². The molecule has 1 aliphatic carbocycles.